The predicted molar refractivity (Wildman–Crippen MR) is 418 cm³/mol. The molecule has 0 radical (unpaired) electrons. The number of unbranched alkanes of at least 4 members (excludes halogenated alkanes) is 42. The quantitative estimate of drug-likeness (QED) is 0.0169. The zero-order chi connectivity index (χ0) is 75.1. The molecule has 0 aromatic rings. The van der Waals surface area contributed by atoms with Gasteiger partial charge in [0.15, 0.2) is 12.2 Å². The van der Waals surface area contributed by atoms with Crippen LogP contribution in [0.2, 0.25) is 0 Å². The van der Waals surface area contributed by atoms with Gasteiger partial charge in [0.2, 0.25) is 0 Å². The third-order valence-electron chi connectivity index (χ3n) is 19.5. The molecule has 7 atom stereocenters. The minimum Gasteiger partial charge on any atom is -0.462 e. The van der Waals surface area contributed by atoms with E-state index in [1.165, 1.54) is 193 Å². The summed E-state index contributed by atoms with van der Waals surface area (Å²) in [6, 6.07) is 0. The van der Waals surface area contributed by atoms with Crippen molar-refractivity contribution in [2.24, 2.45) is 17.8 Å². The number of rotatable bonds is 79. The van der Waals surface area contributed by atoms with Gasteiger partial charge in [-0.15, -0.1) is 0 Å². The van der Waals surface area contributed by atoms with Crippen molar-refractivity contribution in [3.8, 4) is 0 Å². The molecule has 0 saturated carbocycles. The second kappa shape index (κ2) is 72.7. The largest absolute Gasteiger partial charge is 0.472 e. The molecule has 0 amide bonds. The average molecular weight is 1490 g/mol. The Morgan fingerprint density at radius 3 is 0.873 bits per heavy atom. The lowest BCUT2D eigenvalue weighted by Crippen LogP contribution is -2.30. The Kier molecular flexibility index (Phi) is 71.0. The molecule has 0 aromatic heterocycles. The van der Waals surface area contributed by atoms with Gasteiger partial charge in [-0.1, -0.05) is 355 Å². The maximum absolute atomic E-state index is 13.1. The highest BCUT2D eigenvalue weighted by Gasteiger charge is 2.30. The summed E-state index contributed by atoms with van der Waals surface area (Å²) in [5.41, 5.74) is 0. The van der Waals surface area contributed by atoms with Crippen LogP contribution in [0.5, 0.6) is 0 Å². The normalized spacial score (nSPS) is 14.6. The summed E-state index contributed by atoms with van der Waals surface area (Å²) < 4.78 is 68.7. The first-order chi connectivity index (χ1) is 49.3. The molecule has 17 nitrogen and oxygen atoms in total. The van der Waals surface area contributed by atoms with Crippen LogP contribution in [0, 0.1) is 17.8 Å². The summed E-state index contributed by atoms with van der Waals surface area (Å²) >= 11 is 0. The molecule has 0 rings (SSSR count). The van der Waals surface area contributed by atoms with Crippen molar-refractivity contribution < 1.29 is 80.2 Å². The van der Waals surface area contributed by atoms with E-state index in [4.69, 9.17) is 37.0 Å². The van der Waals surface area contributed by atoms with Crippen molar-refractivity contribution in [1.82, 2.24) is 0 Å². The fourth-order valence-corrected chi connectivity index (χ4v) is 13.8. The van der Waals surface area contributed by atoms with Gasteiger partial charge in [-0.05, 0) is 69.1 Å². The highest BCUT2D eigenvalue weighted by molar-refractivity contribution is 7.47. The van der Waals surface area contributed by atoms with Gasteiger partial charge in [-0.3, -0.25) is 37.3 Å². The molecule has 0 saturated heterocycles. The number of aliphatic hydroxyl groups excluding tert-OH is 1. The topological polar surface area (TPSA) is 237 Å². The molecule has 19 heteroatoms. The van der Waals surface area contributed by atoms with Gasteiger partial charge in [0.05, 0.1) is 26.4 Å². The minimum atomic E-state index is -4.97. The highest BCUT2D eigenvalue weighted by atomic mass is 31.2. The van der Waals surface area contributed by atoms with Gasteiger partial charge in [0.1, 0.15) is 19.3 Å². The lowest BCUT2D eigenvalue weighted by molar-refractivity contribution is -0.161. The van der Waals surface area contributed by atoms with E-state index in [2.05, 4.69) is 72.8 Å². The predicted octanol–water partition coefficient (Wildman–Crippen LogP) is 24.5. The van der Waals surface area contributed by atoms with Crippen LogP contribution in [-0.2, 0) is 65.4 Å². The number of allylic oxidation sites excluding steroid dienone is 4. The van der Waals surface area contributed by atoms with Gasteiger partial charge in [0.25, 0.3) is 0 Å². The first-order valence-corrected chi connectivity index (χ1v) is 45.2. The zero-order valence-corrected chi connectivity index (χ0v) is 68.4. The van der Waals surface area contributed by atoms with Crippen LogP contribution < -0.4 is 0 Å². The lowest BCUT2D eigenvalue weighted by Gasteiger charge is -2.21. The van der Waals surface area contributed by atoms with Crippen LogP contribution in [0.4, 0.5) is 0 Å². The number of hydrogen-bond donors (Lipinski definition) is 3. The first-order valence-electron chi connectivity index (χ1n) is 42.2. The molecule has 0 fully saturated rings. The van der Waals surface area contributed by atoms with Gasteiger partial charge < -0.3 is 33.8 Å². The van der Waals surface area contributed by atoms with E-state index in [0.717, 1.165) is 133 Å². The summed E-state index contributed by atoms with van der Waals surface area (Å²) in [6.07, 6.45) is 64.7. The lowest BCUT2D eigenvalue weighted by atomic mass is 9.99. The summed E-state index contributed by atoms with van der Waals surface area (Å²) in [7, 11) is -9.93. The number of hydrogen-bond acceptors (Lipinski definition) is 15. The van der Waals surface area contributed by atoms with Crippen LogP contribution in [0.3, 0.4) is 0 Å². The third-order valence-corrected chi connectivity index (χ3v) is 21.4. The molecule has 3 N–H and O–H groups in total. The van der Waals surface area contributed by atoms with Crippen molar-refractivity contribution in [1.29, 1.82) is 0 Å². The zero-order valence-electron chi connectivity index (χ0n) is 66.6. The number of carbonyl (C=O) groups excluding carboxylic acids is 4. The Bertz CT molecular complexity index is 2070. The van der Waals surface area contributed by atoms with E-state index >= 15 is 0 Å². The fourth-order valence-electron chi connectivity index (χ4n) is 12.2. The Hall–Kier alpha value is -2.46. The number of esters is 4. The molecule has 0 heterocycles. The number of carbonyl (C=O) groups is 4. The summed E-state index contributed by atoms with van der Waals surface area (Å²) in [5, 5.41) is 10.6. The monoisotopic (exact) mass is 1490 g/mol. The summed E-state index contributed by atoms with van der Waals surface area (Å²) in [5.74, 6) is 0.233. The summed E-state index contributed by atoms with van der Waals surface area (Å²) in [4.78, 5) is 73.0. The maximum Gasteiger partial charge on any atom is 0.472 e. The Balaban J connectivity index is 5.25. The van der Waals surface area contributed by atoms with Crippen molar-refractivity contribution >= 4 is 39.5 Å². The van der Waals surface area contributed by atoms with Crippen LogP contribution in [0.25, 0.3) is 0 Å². The molecular weight excluding hydrogens is 1330 g/mol. The Labute approximate surface area is 624 Å². The Morgan fingerprint density at radius 1 is 0.324 bits per heavy atom. The van der Waals surface area contributed by atoms with E-state index in [1.807, 2.05) is 0 Å². The van der Waals surface area contributed by atoms with Crippen LogP contribution in [-0.4, -0.2) is 96.7 Å². The number of phosphoric acid groups is 2. The van der Waals surface area contributed by atoms with E-state index in [0.29, 0.717) is 25.7 Å². The molecule has 102 heavy (non-hydrogen) atoms. The average Bonchev–Trinajstić information content (AvgIpc) is 0.920. The highest BCUT2D eigenvalue weighted by Crippen LogP contribution is 2.45. The molecule has 0 aliphatic rings. The number of phosphoric ester groups is 2. The van der Waals surface area contributed by atoms with Crippen molar-refractivity contribution in [2.45, 2.75) is 426 Å². The number of ether oxygens (including phenoxy) is 4. The van der Waals surface area contributed by atoms with Crippen LogP contribution >= 0.6 is 15.6 Å². The molecule has 0 aliphatic heterocycles. The molecule has 602 valence electrons. The van der Waals surface area contributed by atoms with Gasteiger partial charge in [-0.25, -0.2) is 9.13 Å². The van der Waals surface area contributed by atoms with Gasteiger partial charge in [0, 0.05) is 25.7 Å². The molecular formula is C83H158O17P2. The molecule has 0 aliphatic carbocycles. The molecule has 0 spiro atoms. The van der Waals surface area contributed by atoms with Gasteiger partial charge in [-0.2, -0.15) is 0 Å². The van der Waals surface area contributed by atoms with Crippen molar-refractivity contribution in [3.63, 3.8) is 0 Å². The van der Waals surface area contributed by atoms with Gasteiger partial charge >= 0.3 is 39.5 Å². The second-order valence-electron chi connectivity index (χ2n) is 30.1. The number of aliphatic hydroxyl groups is 1. The van der Waals surface area contributed by atoms with Crippen LogP contribution in [0.1, 0.15) is 408 Å². The van der Waals surface area contributed by atoms with E-state index in [1.54, 1.807) is 0 Å². The fraction of sp³-hybridized carbons (Fsp3) is 0.904. The first kappa shape index (κ1) is 99.5. The van der Waals surface area contributed by atoms with E-state index < -0.39 is 97.5 Å². The SMILES string of the molecule is CCCCCC/C=C\C=C/CCCCCCCC(=O)OC[C@H](COP(=O)(O)OC[C@@H](O)COP(=O)(O)OC[C@@H](COC(=O)CCCCCCCCC(C)CC)OC(=O)CCCCCCCCCCCCCCC(C)C)OC(=O)CCCCCCCCCCCCCCCCCCCCC(C)CC. The van der Waals surface area contributed by atoms with Crippen molar-refractivity contribution in [3.05, 3.63) is 24.3 Å². The molecule has 0 aromatic carbocycles. The minimum absolute atomic E-state index is 0.101. The smallest absolute Gasteiger partial charge is 0.462 e. The van der Waals surface area contributed by atoms with E-state index in [9.17, 15) is 43.2 Å². The van der Waals surface area contributed by atoms with E-state index in [-0.39, 0.29) is 25.7 Å². The molecule has 4 unspecified atom stereocenters. The second-order valence-corrected chi connectivity index (χ2v) is 33.0. The maximum atomic E-state index is 13.1. The molecule has 0 bridgehead atoms. The summed E-state index contributed by atoms with van der Waals surface area (Å²) in [6.45, 7) is 11.9. The van der Waals surface area contributed by atoms with Crippen LogP contribution in [0.15, 0.2) is 24.3 Å². The third kappa shape index (κ3) is 73.1. The Morgan fingerprint density at radius 2 is 0.578 bits per heavy atom. The van der Waals surface area contributed by atoms with Crippen molar-refractivity contribution in [2.75, 3.05) is 39.6 Å². The standard InChI is InChI=1S/C83H158O17P2/c1-8-11-12-13-14-15-16-17-22-26-32-37-42-50-57-64-80(85)93-70-78(99-82(87)66-59-52-43-38-33-27-24-21-19-18-20-23-25-31-36-41-48-55-62-75(6)9-2)72-97-101(89,90)95-68-77(84)69-96-102(91,92)98-73-79(71-94-81(86)65-58-51-46-45-49-56-63-76(7)10-3)100-83(88)67-60-53-44-39-34-29-28-30-35-40-47-54-61-74(4)5/h15-17,22,74-79,84H,8-14,18-21,23-73H2,1-7H3,(H,89,90)(H,91,92)/b16-15-,22-17-/t75?,76?,77-,78-,79-/m1/s1.